The monoisotopic (exact) mass is 656 g/mol. The van der Waals surface area contributed by atoms with E-state index in [1.54, 1.807) is 25.0 Å². The SMILES string of the molecule is CC(=O)O[C@@H]1CC[C@]2(C)C(=CCC3C4C/C(=N/N=C5/CC6C7CC=C8C[C@@H](OC(C)=O)CC[C@]8(C)C7CC[C@]6(C)C5)C[C@]4(C)CCC32)C1. The van der Waals surface area contributed by atoms with Crippen molar-refractivity contribution >= 4 is 23.4 Å². The molecule has 262 valence electrons. The molecule has 6 nitrogen and oxygen atoms in total. The van der Waals surface area contributed by atoms with E-state index in [1.165, 1.54) is 49.9 Å². The van der Waals surface area contributed by atoms with Gasteiger partial charge in [-0.15, -0.1) is 0 Å². The zero-order valence-electron chi connectivity index (χ0n) is 30.6. The van der Waals surface area contributed by atoms with Crippen molar-refractivity contribution in [2.75, 3.05) is 0 Å². The van der Waals surface area contributed by atoms with Crippen LogP contribution in [0.2, 0.25) is 0 Å². The van der Waals surface area contributed by atoms with Crippen LogP contribution in [0.15, 0.2) is 33.5 Å². The van der Waals surface area contributed by atoms with Crippen LogP contribution >= 0.6 is 0 Å². The van der Waals surface area contributed by atoms with E-state index in [4.69, 9.17) is 19.7 Å². The molecule has 6 heteroatoms. The van der Waals surface area contributed by atoms with E-state index in [2.05, 4.69) is 39.8 Å². The van der Waals surface area contributed by atoms with E-state index in [-0.39, 0.29) is 35.0 Å². The average Bonchev–Trinajstić information content (AvgIpc) is 3.56. The van der Waals surface area contributed by atoms with Crippen LogP contribution in [0.4, 0.5) is 0 Å². The van der Waals surface area contributed by atoms with Crippen LogP contribution in [0.5, 0.6) is 0 Å². The largest absolute Gasteiger partial charge is 0.462 e. The van der Waals surface area contributed by atoms with Gasteiger partial charge in [0.15, 0.2) is 0 Å². The molecule has 0 radical (unpaired) electrons. The second-order valence-corrected chi connectivity index (χ2v) is 18.9. The van der Waals surface area contributed by atoms with Crippen molar-refractivity contribution in [1.82, 2.24) is 0 Å². The average molecular weight is 657 g/mol. The van der Waals surface area contributed by atoms with E-state index < -0.39 is 0 Å². The fourth-order valence-corrected chi connectivity index (χ4v) is 13.8. The molecule has 8 aliphatic carbocycles. The Morgan fingerprint density at radius 3 is 1.42 bits per heavy atom. The number of carbonyl (C=O) groups excluding carboxylic acids is 2. The van der Waals surface area contributed by atoms with Crippen LogP contribution < -0.4 is 0 Å². The molecule has 0 bridgehead atoms. The lowest BCUT2D eigenvalue weighted by Crippen LogP contribution is -2.49. The third kappa shape index (κ3) is 5.31. The van der Waals surface area contributed by atoms with Crippen LogP contribution in [0, 0.1) is 57.2 Å². The summed E-state index contributed by atoms with van der Waals surface area (Å²) in [5.41, 5.74) is 7.03. The summed E-state index contributed by atoms with van der Waals surface area (Å²) in [5.74, 6) is 4.02. The van der Waals surface area contributed by atoms with E-state index in [0.29, 0.717) is 22.7 Å². The summed E-state index contributed by atoms with van der Waals surface area (Å²) in [6, 6.07) is 0. The highest BCUT2D eigenvalue weighted by atomic mass is 16.5. The Morgan fingerprint density at radius 2 is 1.02 bits per heavy atom. The van der Waals surface area contributed by atoms with Gasteiger partial charge < -0.3 is 9.47 Å². The lowest BCUT2D eigenvalue weighted by molar-refractivity contribution is -0.149. The van der Waals surface area contributed by atoms with Gasteiger partial charge in [-0.2, -0.15) is 10.2 Å². The Balaban J connectivity index is 0.961. The topological polar surface area (TPSA) is 77.3 Å². The summed E-state index contributed by atoms with van der Waals surface area (Å²) in [7, 11) is 0. The summed E-state index contributed by atoms with van der Waals surface area (Å²) in [4.78, 5) is 23.3. The number of allylic oxidation sites excluding steroid dienone is 2. The smallest absolute Gasteiger partial charge is 0.302 e. The summed E-state index contributed by atoms with van der Waals surface area (Å²) in [5, 5.41) is 10.3. The Hall–Kier alpha value is -2.24. The van der Waals surface area contributed by atoms with Gasteiger partial charge in [0.1, 0.15) is 12.2 Å². The number of hydrogen-bond acceptors (Lipinski definition) is 6. The molecule has 8 aliphatic rings. The van der Waals surface area contributed by atoms with Gasteiger partial charge in [-0.05, 0) is 147 Å². The molecule has 0 amide bonds. The van der Waals surface area contributed by atoms with Gasteiger partial charge in [0.2, 0.25) is 0 Å². The molecular weight excluding hydrogens is 596 g/mol. The summed E-state index contributed by atoms with van der Waals surface area (Å²) in [6.45, 7) is 13.3. The fraction of sp³-hybridized carbons (Fsp3) is 0.810. The summed E-state index contributed by atoms with van der Waals surface area (Å²) in [6.07, 6.45) is 23.4. The normalized spacial score (nSPS) is 49.4. The predicted molar refractivity (Wildman–Crippen MR) is 189 cm³/mol. The van der Waals surface area contributed by atoms with Crippen LogP contribution in [-0.2, 0) is 19.1 Å². The second kappa shape index (κ2) is 11.7. The van der Waals surface area contributed by atoms with Gasteiger partial charge in [0, 0.05) is 38.1 Å². The number of carbonyl (C=O) groups is 2. The quantitative estimate of drug-likeness (QED) is 0.172. The highest BCUT2D eigenvalue weighted by Crippen LogP contribution is 2.66. The molecule has 0 aromatic carbocycles. The van der Waals surface area contributed by atoms with Gasteiger partial charge in [0.25, 0.3) is 0 Å². The third-order valence-electron chi connectivity index (χ3n) is 16.3. The van der Waals surface area contributed by atoms with Crippen molar-refractivity contribution in [2.24, 2.45) is 67.4 Å². The summed E-state index contributed by atoms with van der Waals surface area (Å²) >= 11 is 0. The molecular formula is C42H60N2O4. The molecule has 0 aromatic heterocycles. The number of hydrogen-bond donors (Lipinski definition) is 0. The van der Waals surface area contributed by atoms with Crippen LogP contribution in [0.3, 0.4) is 0 Å². The maximum Gasteiger partial charge on any atom is 0.302 e. The Labute approximate surface area is 289 Å². The maximum absolute atomic E-state index is 11.7. The molecule has 0 aliphatic heterocycles. The van der Waals surface area contributed by atoms with Gasteiger partial charge in [-0.25, -0.2) is 0 Å². The van der Waals surface area contributed by atoms with Crippen molar-refractivity contribution in [3.05, 3.63) is 23.3 Å². The first-order chi connectivity index (χ1) is 22.8. The van der Waals surface area contributed by atoms with Crippen LogP contribution in [0.1, 0.15) is 144 Å². The minimum atomic E-state index is -0.141. The number of ether oxygens (including phenoxy) is 2. The molecule has 0 heterocycles. The zero-order valence-corrected chi connectivity index (χ0v) is 30.6. The van der Waals surface area contributed by atoms with E-state index >= 15 is 0 Å². The van der Waals surface area contributed by atoms with Crippen LogP contribution in [0.25, 0.3) is 0 Å². The lowest BCUT2D eigenvalue weighted by Gasteiger charge is -2.57. The molecule has 0 N–H and O–H groups in total. The van der Waals surface area contributed by atoms with Crippen molar-refractivity contribution < 1.29 is 19.1 Å². The number of fused-ring (bicyclic) bond motifs is 10. The Morgan fingerprint density at radius 1 is 0.604 bits per heavy atom. The van der Waals surface area contributed by atoms with Crippen molar-refractivity contribution in [2.45, 2.75) is 156 Å². The second-order valence-electron chi connectivity index (χ2n) is 18.9. The highest BCUT2D eigenvalue weighted by Gasteiger charge is 2.59. The first kappa shape index (κ1) is 32.9. The molecule has 12 atom stereocenters. The van der Waals surface area contributed by atoms with Crippen LogP contribution in [-0.4, -0.2) is 35.6 Å². The first-order valence-electron chi connectivity index (χ1n) is 19.6. The molecule has 0 saturated heterocycles. The Bertz CT molecular complexity index is 1380. The van der Waals surface area contributed by atoms with Crippen molar-refractivity contribution in [1.29, 1.82) is 0 Å². The van der Waals surface area contributed by atoms with Gasteiger partial charge >= 0.3 is 11.9 Å². The Kier molecular flexibility index (Phi) is 8.00. The standard InChI is InChI=1S/C42H60N2O4/c1-25(45)47-31-11-17-41(5)27(19-31)7-9-33-35(41)13-15-39(3)23-29(21-37(33)39)43-44-30-22-38-34-10-8-28-20-32(48-26(2)46)12-18-42(28,6)36(34)14-16-40(38,4)24-30/h7-8,31-38H,9-24H2,1-6H3/b43-29-,44-30-/t31-,32+,33?,34?,35?,36?,37?,38?,39+,40-,41-,42+. The van der Waals surface area contributed by atoms with E-state index in [1.807, 2.05) is 0 Å². The van der Waals surface area contributed by atoms with Crippen molar-refractivity contribution in [3.8, 4) is 0 Å². The number of esters is 2. The minimum Gasteiger partial charge on any atom is -0.462 e. The molecule has 48 heavy (non-hydrogen) atoms. The molecule has 8 rings (SSSR count). The first-order valence-corrected chi connectivity index (χ1v) is 19.6. The molecule has 0 aromatic rings. The zero-order chi connectivity index (χ0) is 33.6. The van der Waals surface area contributed by atoms with Gasteiger partial charge in [-0.3, -0.25) is 9.59 Å². The van der Waals surface area contributed by atoms with Gasteiger partial charge in [-0.1, -0.05) is 51.0 Å². The lowest BCUT2D eigenvalue weighted by atomic mass is 9.48. The number of rotatable bonds is 3. The number of nitrogens with zero attached hydrogens (tertiary/aromatic N) is 2. The predicted octanol–water partition coefficient (Wildman–Crippen LogP) is 9.57. The summed E-state index contributed by atoms with van der Waals surface area (Å²) < 4.78 is 11.3. The van der Waals surface area contributed by atoms with E-state index in [9.17, 15) is 9.59 Å². The minimum absolute atomic E-state index is 0.0630. The molecule has 6 unspecified atom stereocenters. The third-order valence-corrected chi connectivity index (χ3v) is 16.3. The molecule has 6 fully saturated rings. The molecule has 6 saturated carbocycles. The van der Waals surface area contributed by atoms with Crippen molar-refractivity contribution in [3.63, 3.8) is 0 Å². The maximum atomic E-state index is 11.7. The fourth-order valence-electron chi connectivity index (χ4n) is 13.8. The van der Waals surface area contributed by atoms with Gasteiger partial charge in [0.05, 0.1) is 0 Å². The van der Waals surface area contributed by atoms with E-state index in [0.717, 1.165) is 87.9 Å². The molecule has 0 spiro atoms. The highest BCUT2D eigenvalue weighted by molar-refractivity contribution is 5.91.